The van der Waals surface area contributed by atoms with E-state index in [0.717, 1.165) is 38.8 Å². The van der Waals surface area contributed by atoms with Crippen LogP contribution >= 0.6 is 0 Å². The molecule has 0 saturated carbocycles. The van der Waals surface area contributed by atoms with Crippen LogP contribution in [0.15, 0.2) is 0 Å². The normalized spacial score (nSPS) is 12.4. The topological polar surface area (TPSA) is 20.3 Å². The molecule has 126 valence electrons. The van der Waals surface area contributed by atoms with Gasteiger partial charge in [-0.25, -0.2) is 0 Å². The van der Waals surface area contributed by atoms with E-state index in [1.807, 2.05) is 0 Å². The fraction of sp³-hybridized carbons (Fsp3) is 0.947. The second kappa shape index (κ2) is 14.4. The summed E-state index contributed by atoms with van der Waals surface area (Å²) in [5.41, 5.74) is 0. The Hall–Kier alpha value is -0.530. The summed E-state index contributed by atoms with van der Waals surface area (Å²) in [5, 5.41) is 0. The van der Waals surface area contributed by atoms with Gasteiger partial charge in [-0.1, -0.05) is 72.6 Å². The zero-order valence-electron chi connectivity index (χ0n) is 15.1. The first-order valence-electron chi connectivity index (χ1n) is 9.49. The lowest BCUT2D eigenvalue weighted by Crippen LogP contribution is -2.37. The average molecular weight is 298 g/mol. The number of carbonyl (C=O) groups excluding carboxylic acids is 1. The zero-order chi connectivity index (χ0) is 15.9. The number of unbranched alkanes of at least 4 members (excludes halogenated alkanes) is 5. The molecule has 0 aromatic heterocycles. The summed E-state index contributed by atoms with van der Waals surface area (Å²) in [4.78, 5) is 15.0. The monoisotopic (exact) mass is 297 g/mol. The molecule has 1 unspecified atom stereocenters. The molecule has 0 aromatic rings. The van der Waals surface area contributed by atoms with Gasteiger partial charge in [-0.05, 0) is 25.7 Å². The van der Waals surface area contributed by atoms with E-state index in [4.69, 9.17) is 0 Å². The molecule has 0 heterocycles. The molecule has 0 saturated heterocycles. The predicted molar refractivity (Wildman–Crippen MR) is 93.6 cm³/mol. The minimum atomic E-state index is 0.283. The Bertz CT molecular complexity index is 232. The maximum Gasteiger partial charge on any atom is 0.225 e. The summed E-state index contributed by atoms with van der Waals surface area (Å²) in [6.07, 6.45) is 12.9. The van der Waals surface area contributed by atoms with Gasteiger partial charge >= 0.3 is 0 Å². The van der Waals surface area contributed by atoms with E-state index in [0.29, 0.717) is 5.91 Å². The number of hydrogen-bond donors (Lipinski definition) is 0. The molecule has 2 heteroatoms. The Morgan fingerprint density at radius 1 is 0.714 bits per heavy atom. The molecule has 0 aliphatic carbocycles. The lowest BCUT2D eigenvalue weighted by molar-refractivity contribution is -0.136. The third kappa shape index (κ3) is 9.92. The smallest absolute Gasteiger partial charge is 0.225 e. The summed E-state index contributed by atoms with van der Waals surface area (Å²) in [7, 11) is 0. The highest BCUT2D eigenvalue weighted by Crippen LogP contribution is 2.20. The van der Waals surface area contributed by atoms with E-state index in [-0.39, 0.29) is 5.92 Å². The first-order chi connectivity index (χ1) is 10.2. The molecule has 0 bridgehead atoms. The molecule has 0 aliphatic heterocycles. The third-order valence-corrected chi connectivity index (χ3v) is 4.29. The van der Waals surface area contributed by atoms with Crippen molar-refractivity contribution < 1.29 is 4.79 Å². The predicted octanol–water partition coefficient (Wildman–Crippen LogP) is 5.80. The van der Waals surface area contributed by atoms with Crippen LogP contribution in [0.3, 0.4) is 0 Å². The van der Waals surface area contributed by atoms with E-state index in [9.17, 15) is 4.79 Å². The van der Waals surface area contributed by atoms with E-state index in [1.165, 1.54) is 44.9 Å². The first kappa shape index (κ1) is 20.5. The highest BCUT2D eigenvalue weighted by atomic mass is 16.2. The quantitative estimate of drug-likeness (QED) is 0.371. The molecule has 0 radical (unpaired) electrons. The zero-order valence-corrected chi connectivity index (χ0v) is 15.1. The standard InChI is InChI=1S/C19H39NO/c1-5-9-13-15-18(14-10-6-2)19(21)20(16-11-7-3)17-12-8-4/h18H,5-17H2,1-4H3. The van der Waals surface area contributed by atoms with Crippen LogP contribution in [-0.2, 0) is 4.79 Å². The fourth-order valence-electron chi connectivity index (χ4n) is 2.77. The highest BCUT2D eigenvalue weighted by Gasteiger charge is 2.22. The summed E-state index contributed by atoms with van der Waals surface area (Å²) in [5.74, 6) is 0.728. The summed E-state index contributed by atoms with van der Waals surface area (Å²) in [6, 6.07) is 0. The first-order valence-corrected chi connectivity index (χ1v) is 9.49. The molecule has 1 atom stereocenters. The van der Waals surface area contributed by atoms with Gasteiger partial charge in [-0.2, -0.15) is 0 Å². The summed E-state index contributed by atoms with van der Waals surface area (Å²) >= 11 is 0. The molecule has 0 N–H and O–H groups in total. The van der Waals surface area contributed by atoms with Crippen molar-refractivity contribution in [3.05, 3.63) is 0 Å². The second-order valence-corrected chi connectivity index (χ2v) is 6.37. The number of carbonyl (C=O) groups is 1. The van der Waals surface area contributed by atoms with Crippen LogP contribution < -0.4 is 0 Å². The van der Waals surface area contributed by atoms with Gasteiger partial charge in [0.15, 0.2) is 0 Å². The SMILES string of the molecule is CCCCCC(CCCC)C(=O)N(CCCC)CCCC. The van der Waals surface area contributed by atoms with Crippen LogP contribution in [0.4, 0.5) is 0 Å². The van der Waals surface area contributed by atoms with Crippen LogP contribution in [0, 0.1) is 5.92 Å². The van der Waals surface area contributed by atoms with Crippen LogP contribution in [0.1, 0.15) is 98.3 Å². The Morgan fingerprint density at radius 2 is 1.19 bits per heavy atom. The molecule has 0 aromatic carbocycles. The summed E-state index contributed by atoms with van der Waals surface area (Å²) in [6.45, 7) is 10.8. The maximum absolute atomic E-state index is 12.9. The van der Waals surface area contributed by atoms with E-state index >= 15 is 0 Å². The number of nitrogens with zero attached hydrogens (tertiary/aromatic N) is 1. The van der Waals surface area contributed by atoms with E-state index in [2.05, 4.69) is 32.6 Å². The van der Waals surface area contributed by atoms with Gasteiger partial charge in [0.1, 0.15) is 0 Å². The van der Waals surface area contributed by atoms with Crippen LogP contribution in [0.5, 0.6) is 0 Å². The van der Waals surface area contributed by atoms with E-state index in [1.54, 1.807) is 0 Å². The van der Waals surface area contributed by atoms with Gasteiger partial charge in [-0.3, -0.25) is 4.79 Å². The minimum Gasteiger partial charge on any atom is -0.342 e. The molecule has 0 fully saturated rings. The van der Waals surface area contributed by atoms with Crippen molar-refractivity contribution in [3.8, 4) is 0 Å². The molecule has 1 amide bonds. The fourth-order valence-corrected chi connectivity index (χ4v) is 2.77. The molecular weight excluding hydrogens is 258 g/mol. The van der Waals surface area contributed by atoms with Gasteiger partial charge in [0.25, 0.3) is 0 Å². The largest absolute Gasteiger partial charge is 0.342 e. The van der Waals surface area contributed by atoms with E-state index < -0.39 is 0 Å². The molecule has 0 spiro atoms. The van der Waals surface area contributed by atoms with Gasteiger partial charge in [-0.15, -0.1) is 0 Å². The molecule has 21 heavy (non-hydrogen) atoms. The van der Waals surface area contributed by atoms with Crippen molar-refractivity contribution in [2.75, 3.05) is 13.1 Å². The lowest BCUT2D eigenvalue weighted by Gasteiger charge is -2.27. The van der Waals surface area contributed by atoms with Gasteiger partial charge in [0, 0.05) is 19.0 Å². The van der Waals surface area contributed by atoms with Crippen LogP contribution in [-0.4, -0.2) is 23.9 Å². The van der Waals surface area contributed by atoms with Crippen molar-refractivity contribution in [2.45, 2.75) is 98.3 Å². The van der Waals surface area contributed by atoms with Crippen molar-refractivity contribution in [1.29, 1.82) is 0 Å². The molecule has 2 nitrogen and oxygen atoms in total. The minimum absolute atomic E-state index is 0.283. The number of hydrogen-bond acceptors (Lipinski definition) is 1. The molecule has 0 rings (SSSR count). The van der Waals surface area contributed by atoms with Crippen LogP contribution in [0.2, 0.25) is 0 Å². The average Bonchev–Trinajstić information content (AvgIpc) is 2.50. The van der Waals surface area contributed by atoms with Crippen LogP contribution in [0.25, 0.3) is 0 Å². The highest BCUT2D eigenvalue weighted by molar-refractivity contribution is 5.78. The Balaban J connectivity index is 4.55. The Kier molecular flexibility index (Phi) is 14.0. The van der Waals surface area contributed by atoms with Gasteiger partial charge < -0.3 is 4.90 Å². The second-order valence-electron chi connectivity index (χ2n) is 6.37. The van der Waals surface area contributed by atoms with Crippen molar-refractivity contribution in [2.24, 2.45) is 5.92 Å². The summed E-state index contributed by atoms with van der Waals surface area (Å²) < 4.78 is 0. The Labute approximate surface area is 133 Å². The molecule has 0 aliphatic rings. The number of rotatable bonds is 14. The van der Waals surface area contributed by atoms with Crippen molar-refractivity contribution in [3.63, 3.8) is 0 Å². The van der Waals surface area contributed by atoms with Gasteiger partial charge in [0.05, 0.1) is 0 Å². The van der Waals surface area contributed by atoms with Gasteiger partial charge in [0.2, 0.25) is 5.91 Å². The lowest BCUT2D eigenvalue weighted by atomic mass is 9.94. The third-order valence-electron chi connectivity index (χ3n) is 4.29. The van der Waals surface area contributed by atoms with Crippen molar-refractivity contribution >= 4 is 5.91 Å². The molecular formula is C19H39NO. The maximum atomic E-state index is 12.9. The Morgan fingerprint density at radius 3 is 1.67 bits per heavy atom. The number of amides is 1. The van der Waals surface area contributed by atoms with Crippen molar-refractivity contribution in [1.82, 2.24) is 4.90 Å².